The van der Waals surface area contributed by atoms with E-state index in [9.17, 15) is 8.42 Å². The lowest BCUT2D eigenvalue weighted by molar-refractivity contribution is 0.321. The van der Waals surface area contributed by atoms with Gasteiger partial charge in [-0.3, -0.25) is 4.68 Å². The number of aromatic nitrogens is 4. The average Bonchev–Trinajstić information content (AvgIpc) is 3.42. The molecular formula is C20H15ClF2N6O3S2. The molecule has 1 fully saturated rings. The van der Waals surface area contributed by atoms with Crippen LogP contribution in [0.2, 0.25) is 5.02 Å². The fourth-order valence-electron chi connectivity index (χ4n) is 3.55. The summed E-state index contributed by atoms with van der Waals surface area (Å²) in [6, 6.07) is 7.06. The molecule has 0 radical (unpaired) electrons. The normalized spacial score (nSPS) is 14.2. The van der Waals surface area contributed by atoms with Crippen LogP contribution >= 0.6 is 23.1 Å². The van der Waals surface area contributed by atoms with E-state index in [2.05, 4.69) is 19.8 Å². The third-order valence-electron chi connectivity index (χ3n) is 5.21. The van der Waals surface area contributed by atoms with Crippen molar-refractivity contribution >= 4 is 33.2 Å². The number of primary sulfonamides is 1. The fraction of sp³-hybridized carbons (Fsp3) is 0.150. The molecule has 1 aliphatic rings. The number of halogens is 3. The van der Waals surface area contributed by atoms with E-state index >= 15 is 8.78 Å². The van der Waals surface area contributed by atoms with Crippen LogP contribution in [-0.4, -0.2) is 40.6 Å². The maximum atomic E-state index is 15.3. The van der Waals surface area contributed by atoms with Crippen LogP contribution in [0.5, 0.6) is 11.5 Å². The maximum absolute atomic E-state index is 15.3. The predicted octanol–water partition coefficient (Wildman–Crippen LogP) is 3.58. The standard InChI is InChI=1S/C20H15ClF2N6O3S2/c21-10-1-2-16(12(5-10)15-3-4-27-29(15)11-7-25-8-11)32-18-14(22)6-13(20-26-9-28-33-20)17(23)19(18)34(24,30)31/h1-6,9,11,25H,7-8H2,(H2,24,30,31). The van der Waals surface area contributed by atoms with Gasteiger partial charge in [0, 0.05) is 29.9 Å². The molecule has 0 unspecified atom stereocenters. The Bertz CT molecular complexity index is 1490. The van der Waals surface area contributed by atoms with Gasteiger partial charge in [0.2, 0.25) is 10.0 Å². The summed E-state index contributed by atoms with van der Waals surface area (Å²) in [5.74, 6) is -3.29. The van der Waals surface area contributed by atoms with E-state index in [0.717, 1.165) is 23.9 Å². The molecule has 34 heavy (non-hydrogen) atoms. The van der Waals surface area contributed by atoms with E-state index < -0.39 is 37.9 Å². The van der Waals surface area contributed by atoms with Crippen LogP contribution in [0.25, 0.3) is 21.8 Å². The van der Waals surface area contributed by atoms with Crippen LogP contribution in [0, 0.1) is 11.6 Å². The van der Waals surface area contributed by atoms with Gasteiger partial charge in [-0.05, 0) is 41.9 Å². The summed E-state index contributed by atoms with van der Waals surface area (Å²) in [4.78, 5) is 2.69. The molecule has 0 amide bonds. The van der Waals surface area contributed by atoms with E-state index in [4.69, 9.17) is 21.5 Å². The first-order valence-corrected chi connectivity index (χ1v) is 12.5. The zero-order chi connectivity index (χ0) is 24.0. The van der Waals surface area contributed by atoms with Crippen LogP contribution in [0.3, 0.4) is 0 Å². The monoisotopic (exact) mass is 524 g/mol. The van der Waals surface area contributed by atoms with Crippen molar-refractivity contribution in [2.75, 3.05) is 13.1 Å². The van der Waals surface area contributed by atoms with Gasteiger partial charge in [0.25, 0.3) is 0 Å². The third-order valence-corrected chi connectivity index (χ3v) is 7.08. The maximum Gasteiger partial charge on any atom is 0.244 e. The molecule has 0 spiro atoms. The predicted molar refractivity (Wildman–Crippen MR) is 121 cm³/mol. The molecule has 0 aliphatic carbocycles. The number of nitrogens with one attached hydrogen (secondary N) is 1. The van der Waals surface area contributed by atoms with E-state index in [1.807, 2.05) is 0 Å². The molecular weight excluding hydrogens is 510 g/mol. The number of ether oxygens (including phenoxy) is 1. The molecule has 3 heterocycles. The van der Waals surface area contributed by atoms with Crippen molar-refractivity contribution in [3.8, 4) is 33.3 Å². The molecule has 1 aliphatic heterocycles. The lowest BCUT2D eigenvalue weighted by Gasteiger charge is -2.29. The van der Waals surface area contributed by atoms with Crippen molar-refractivity contribution in [3.05, 3.63) is 59.5 Å². The molecule has 0 bridgehead atoms. The van der Waals surface area contributed by atoms with Crippen LogP contribution in [-0.2, 0) is 10.0 Å². The number of benzene rings is 2. The zero-order valence-electron chi connectivity index (χ0n) is 17.1. The van der Waals surface area contributed by atoms with Gasteiger partial charge in [-0.15, -0.1) is 0 Å². The van der Waals surface area contributed by atoms with Gasteiger partial charge >= 0.3 is 0 Å². The minimum Gasteiger partial charge on any atom is -0.452 e. The summed E-state index contributed by atoms with van der Waals surface area (Å²) in [6.07, 6.45) is 2.73. The van der Waals surface area contributed by atoms with Crippen LogP contribution in [0.4, 0.5) is 8.78 Å². The molecule has 176 valence electrons. The SMILES string of the molecule is NS(=O)(=O)c1c(F)c(-c2ncns2)cc(F)c1Oc1ccc(Cl)cc1-c1ccnn1C1CNC1. The van der Waals surface area contributed by atoms with E-state index in [0.29, 0.717) is 29.4 Å². The van der Waals surface area contributed by atoms with Gasteiger partial charge in [0.1, 0.15) is 17.1 Å². The molecule has 2 aromatic heterocycles. The Kier molecular flexibility index (Phi) is 5.81. The van der Waals surface area contributed by atoms with Crippen molar-refractivity contribution in [1.82, 2.24) is 24.5 Å². The second-order valence-corrected chi connectivity index (χ2v) is 10.1. The summed E-state index contributed by atoms with van der Waals surface area (Å²) in [5, 5.41) is 13.1. The first-order valence-electron chi connectivity index (χ1n) is 9.78. The second kappa shape index (κ2) is 8.67. The lowest BCUT2D eigenvalue weighted by atomic mass is 10.1. The highest BCUT2D eigenvalue weighted by Crippen LogP contribution is 2.42. The topological polar surface area (TPSA) is 125 Å². The first-order chi connectivity index (χ1) is 16.2. The minimum atomic E-state index is -4.75. The molecule has 0 atom stereocenters. The summed E-state index contributed by atoms with van der Waals surface area (Å²) >= 11 is 6.96. The zero-order valence-corrected chi connectivity index (χ0v) is 19.5. The summed E-state index contributed by atoms with van der Waals surface area (Å²) in [5.41, 5.74) is 0.612. The van der Waals surface area contributed by atoms with Gasteiger partial charge in [-0.25, -0.2) is 27.3 Å². The lowest BCUT2D eigenvalue weighted by Crippen LogP contribution is -2.44. The summed E-state index contributed by atoms with van der Waals surface area (Å²) < 4.78 is 66.4. The highest BCUT2D eigenvalue weighted by atomic mass is 35.5. The van der Waals surface area contributed by atoms with E-state index in [1.54, 1.807) is 23.0 Å². The number of nitrogens with zero attached hydrogens (tertiary/aromatic N) is 4. The second-order valence-electron chi connectivity index (χ2n) is 7.39. The minimum absolute atomic E-state index is 0.0157. The smallest absolute Gasteiger partial charge is 0.244 e. The van der Waals surface area contributed by atoms with Gasteiger partial charge in [-0.1, -0.05) is 11.6 Å². The Labute approximate surface area is 201 Å². The molecule has 14 heteroatoms. The summed E-state index contributed by atoms with van der Waals surface area (Å²) in [6.45, 7) is 1.40. The Morgan fingerprint density at radius 2 is 2.00 bits per heavy atom. The van der Waals surface area contributed by atoms with Gasteiger partial charge in [0.05, 0.1) is 17.3 Å². The quantitative estimate of drug-likeness (QED) is 0.395. The molecule has 0 saturated carbocycles. The number of rotatable bonds is 6. The molecule has 4 aromatic rings. The van der Waals surface area contributed by atoms with Gasteiger partial charge in [-0.2, -0.15) is 9.47 Å². The van der Waals surface area contributed by atoms with E-state index in [1.165, 1.54) is 12.1 Å². The highest BCUT2D eigenvalue weighted by Gasteiger charge is 2.31. The van der Waals surface area contributed by atoms with Crippen LogP contribution in [0.1, 0.15) is 6.04 Å². The Balaban J connectivity index is 1.67. The molecule has 2 aromatic carbocycles. The molecule has 5 rings (SSSR count). The Morgan fingerprint density at radius 3 is 2.65 bits per heavy atom. The summed E-state index contributed by atoms with van der Waals surface area (Å²) in [7, 11) is -4.75. The van der Waals surface area contributed by atoms with Gasteiger partial charge < -0.3 is 10.1 Å². The van der Waals surface area contributed by atoms with Gasteiger partial charge in [0.15, 0.2) is 22.3 Å². The van der Waals surface area contributed by atoms with Crippen molar-refractivity contribution in [2.24, 2.45) is 5.14 Å². The Morgan fingerprint density at radius 1 is 1.21 bits per heavy atom. The highest BCUT2D eigenvalue weighted by molar-refractivity contribution is 7.89. The van der Waals surface area contributed by atoms with Crippen molar-refractivity contribution in [3.63, 3.8) is 0 Å². The van der Waals surface area contributed by atoms with Crippen LogP contribution in [0.15, 0.2) is 47.8 Å². The number of nitrogens with two attached hydrogens (primary N) is 1. The first kappa shape index (κ1) is 22.8. The fourth-order valence-corrected chi connectivity index (χ4v) is 5.01. The Hall–Kier alpha value is -2.97. The third kappa shape index (κ3) is 4.05. The van der Waals surface area contributed by atoms with Crippen molar-refractivity contribution in [1.29, 1.82) is 0 Å². The van der Waals surface area contributed by atoms with Crippen molar-refractivity contribution < 1.29 is 21.9 Å². The van der Waals surface area contributed by atoms with Crippen LogP contribution < -0.4 is 15.2 Å². The molecule has 3 N–H and O–H groups in total. The number of hydrogen-bond donors (Lipinski definition) is 2. The molecule has 9 nitrogen and oxygen atoms in total. The van der Waals surface area contributed by atoms with Crippen molar-refractivity contribution in [2.45, 2.75) is 10.9 Å². The number of sulfonamides is 1. The average molecular weight is 525 g/mol. The largest absolute Gasteiger partial charge is 0.452 e. The van der Waals surface area contributed by atoms with E-state index in [-0.39, 0.29) is 16.8 Å². The number of hydrogen-bond acceptors (Lipinski definition) is 8. The molecule has 1 saturated heterocycles.